The molecular formula is C28H22ClF2N3O. The third-order valence-electron chi connectivity index (χ3n) is 6.54. The van der Waals surface area contributed by atoms with Crippen molar-refractivity contribution in [2.45, 2.75) is 25.2 Å². The van der Waals surface area contributed by atoms with Crippen molar-refractivity contribution in [1.29, 1.82) is 0 Å². The molecule has 1 aliphatic heterocycles. The lowest BCUT2D eigenvalue weighted by atomic mass is 9.74. The Morgan fingerprint density at radius 3 is 2.34 bits per heavy atom. The van der Waals surface area contributed by atoms with Gasteiger partial charge in [-0.05, 0) is 83.6 Å². The number of anilines is 3. The van der Waals surface area contributed by atoms with Gasteiger partial charge in [-0.2, -0.15) is 0 Å². The molecule has 7 heteroatoms. The number of amides is 1. The number of carbonyl (C=O) groups excluding carboxylic acids is 1. The van der Waals surface area contributed by atoms with Crippen LogP contribution in [0.15, 0.2) is 78.9 Å². The first-order valence-electron chi connectivity index (χ1n) is 11.2. The summed E-state index contributed by atoms with van der Waals surface area (Å²) in [6.07, 6.45) is 0.538. The van der Waals surface area contributed by atoms with Gasteiger partial charge in [-0.3, -0.25) is 9.69 Å². The van der Waals surface area contributed by atoms with Crippen LogP contribution in [0.2, 0.25) is 5.02 Å². The molecule has 5 rings (SSSR count). The summed E-state index contributed by atoms with van der Waals surface area (Å²) in [6, 6.07) is 21.7. The van der Waals surface area contributed by atoms with E-state index in [1.54, 1.807) is 29.2 Å². The van der Waals surface area contributed by atoms with Crippen LogP contribution in [0.5, 0.6) is 0 Å². The topological polar surface area (TPSA) is 59.2 Å². The van der Waals surface area contributed by atoms with Crippen LogP contribution in [0.25, 0.3) is 11.1 Å². The summed E-state index contributed by atoms with van der Waals surface area (Å²) in [5.41, 5.74) is 8.46. The van der Waals surface area contributed by atoms with Crippen molar-refractivity contribution >= 4 is 34.8 Å². The van der Waals surface area contributed by atoms with Crippen molar-refractivity contribution in [1.82, 2.24) is 4.98 Å². The molecule has 1 atom stereocenters. The van der Waals surface area contributed by atoms with Crippen LogP contribution in [0, 0.1) is 11.6 Å². The highest BCUT2D eigenvalue weighted by Crippen LogP contribution is 2.50. The molecule has 0 spiro atoms. The van der Waals surface area contributed by atoms with E-state index in [1.165, 1.54) is 12.1 Å². The highest BCUT2D eigenvalue weighted by Gasteiger charge is 2.50. The van der Waals surface area contributed by atoms with Gasteiger partial charge in [0.2, 0.25) is 5.91 Å². The molecule has 3 aromatic carbocycles. The van der Waals surface area contributed by atoms with Gasteiger partial charge >= 0.3 is 0 Å². The van der Waals surface area contributed by atoms with Crippen LogP contribution < -0.4 is 10.6 Å². The number of hydrogen-bond acceptors (Lipinski definition) is 3. The van der Waals surface area contributed by atoms with Gasteiger partial charge in [0.1, 0.15) is 23.3 Å². The summed E-state index contributed by atoms with van der Waals surface area (Å²) in [6.45, 7) is 1.90. The molecule has 1 aliphatic rings. The number of pyridine rings is 1. The van der Waals surface area contributed by atoms with Crippen LogP contribution in [0.4, 0.5) is 26.1 Å². The summed E-state index contributed by atoms with van der Waals surface area (Å²) >= 11 is 6.22. The third kappa shape index (κ3) is 4.04. The molecule has 1 aromatic heterocycles. The quantitative estimate of drug-likeness (QED) is 0.334. The fourth-order valence-corrected chi connectivity index (χ4v) is 5.08. The zero-order valence-electron chi connectivity index (χ0n) is 18.9. The maximum absolute atomic E-state index is 14.1. The third-order valence-corrected chi connectivity index (χ3v) is 6.78. The second kappa shape index (κ2) is 8.78. The fraction of sp³-hybridized carbons (Fsp3) is 0.143. The van der Waals surface area contributed by atoms with E-state index in [0.717, 1.165) is 22.8 Å². The van der Waals surface area contributed by atoms with Crippen molar-refractivity contribution in [3.8, 4) is 11.1 Å². The first-order valence-corrected chi connectivity index (χ1v) is 11.6. The molecular weight excluding hydrogens is 468 g/mol. The molecule has 0 radical (unpaired) electrons. The van der Waals surface area contributed by atoms with Crippen molar-refractivity contribution < 1.29 is 13.6 Å². The molecule has 0 bridgehead atoms. The highest BCUT2D eigenvalue weighted by atomic mass is 35.5. The van der Waals surface area contributed by atoms with Crippen LogP contribution in [-0.4, -0.2) is 10.9 Å². The van der Waals surface area contributed by atoms with E-state index in [9.17, 15) is 13.6 Å². The molecule has 0 aliphatic carbocycles. The maximum Gasteiger partial charge on any atom is 0.243 e. The number of nitrogen functional groups attached to an aromatic ring is 1. The van der Waals surface area contributed by atoms with E-state index in [0.29, 0.717) is 28.5 Å². The molecule has 1 amide bonds. The van der Waals surface area contributed by atoms with Gasteiger partial charge in [0, 0.05) is 11.1 Å². The van der Waals surface area contributed by atoms with Gasteiger partial charge < -0.3 is 5.73 Å². The average molecular weight is 490 g/mol. The number of carbonyl (C=O) groups is 1. The molecule has 2 N–H and O–H groups in total. The highest BCUT2D eigenvalue weighted by molar-refractivity contribution is 6.30. The minimum atomic E-state index is -1.06. The molecule has 4 aromatic rings. The van der Waals surface area contributed by atoms with Gasteiger partial charge in [0.05, 0.1) is 11.1 Å². The fourth-order valence-electron chi connectivity index (χ4n) is 4.89. The minimum absolute atomic E-state index is 0.127. The smallest absolute Gasteiger partial charge is 0.243 e. The van der Waals surface area contributed by atoms with E-state index in [1.807, 2.05) is 43.3 Å². The average Bonchev–Trinajstić information content (AvgIpc) is 3.06. The van der Waals surface area contributed by atoms with Gasteiger partial charge in [0.25, 0.3) is 0 Å². The first kappa shape index (κ1) is 23.0. The molecule has 0 saturated heterocycles. The Morgan fingerprint density at radius 2 is 1.66 bits per heavy atom. The van der Waals surface area contributed by atoms with E-state index in [4.69, 9.17) is 17.3 Å². The monoisotopic (exact) mass is 489 g/mol. The van der Waals surface area contributed by atoms with Gasteiger partial charge in [-0.1, -0.05) is 42.8 Å². The first-order chi connectivity index (χ1) is 16.8. The number of nitrogens with zero attached hydrogens (tertiary/aromatic N) is 2. The Bertz CT molecular complexity index is 1440. The van der Waals surface area contributed by atoms with Crippen LogP contribution in [0.3, 0.4) is 0 Å². The van der Waals surface area contributed by atoms with Crippen molar-refractivity contribution in [2.24, 2.45) is 0 Å². The summed E-state index contributed by atoms with van der Waals surface area (Å²) in [5, 5.41) is 0.599. The molecule has 176 valence electrons. The molecule has 35 heavy (non-hydrogen) atoms. The van der Waals surface area contributed by atoms with Crippen molar-refractivity contribution in [2.75, 3.05) is 10.6 Å². The molecule has 1 unspecified atom stereocenters. The Kier molecular flexibility index (Phi) is 5.77. The van der Waals surface area contributed by atoms with E-state index >= 15 is 0 Å². The largest absolute Gasteiger partial charge is 0.384 e. The van der Waals surface area contributed by atoms with Gasteiger partial charge in [-0.25, -0.2) is 13.8 Å². The second-order valence-corrected chi connectivity index (χ2v) is 9.13. The minimum Gasteiger partial charge on any atom is -0.384 e. The number of halogens is 3. The van der Waals surface area contributed by atoms with E-state index < -0.39 is 17.0 Å². The normalized spacial score (nSPS) is 17.0. The van der Waals surface area contributed by atoms with Gasteiger partial charge in [0.15, 0.2) is 0 Å². The van der Waals surface area contributed by atoms with Crippen LogP contribution in [0.1, 0.15) is 24.5 Å². The zero-order chi connectivity index (χ0) is 24.7. The van der Waals surface area contributed by atoms with Gasteiger partial charge in [-0.15, -0.1) is 0 Å². The number of rotatable bonds is 5. The van der Waals surface area contributed by atoms with Crippen molar-refractivity contribution in [3.63, 3.8) is 0 Å². The summed E-state index contributed by atoms with van der Waals surface area (Å²) in [4.78, 5) is 20.1. The predicted molar refractivity (Wildman–Crippen MR) is 135 cm³/mol. The lowest BCUT2D eigenvalue weighted by molar-refractivity contribution is -0.122. The molecule has 4 nitrogen and oxygen atoms in total. The zero-order valence-corrected chi connectivity index (χ0v) is 19.7. The molecule has 2 heterocycles. The van der Waals surface area contributed by atoms with Crippen molar-refractivity contribution in [3.05, 3.63) is 107 Å². The maximum atomic E-state index is 14.1. The number of benzene rings is 3. The lowest BCUT2D eigenvalue weighted by Gasteiger charge is -2.28. The standard InChI is InChI=1S/C28H22ClF2N3O/c1-2-28(16-17-11-21(30)15-22(31)12-17)23-14-19(18-5-3-6-20(29)13-18)9-10-24(23)34(27(28)35)26-8-4-7-25(32)33-26/h3-15H,2,16H2,1H3,(H2,32,33). The Balaban J connectivity index is 1.72. The number of aromatic nitrogens is 1. The van der Waals surface area contributed by atoms with E-state index in [2.05, 4.69) is 4.98 Å². The summed E-state index contributed by atoms with van der Waals surface area (Å²) in [5.74, 6) is -0.903. The Hall–Kier alpha value is -3.77. The Labute approximate surface area is 207 Å². The lowest BCUT2D eigenvalue weighted by Crippen LogP contribution is -2.40. The molecule has 0 saturated carbocycles. The SMILES string of the molecule is CCC1(Cc2cc(F)cc(F)c2)C(=O)N(c2cccc(N)n2)c2ccc(-c3cccc(Cl)c3)cc21. The predicted octanol–water partition coefficient (Wildman–Crippen LogP) is 6.83. The number of nitrogens with two attached hydrogens (primary N) is 1. The Morgan fingerprint density at radius 1 is 0.943 bits per heavy atom. The number of fused-ring (bicyclic) bond motifs is 1. The summed E-state index contributed by atoms with van der Waals surface area (Å²) in [7, 11) is 0. The second-order valence-electron chi connectivity index (χ2n) is 8.69. The van der Waals surface area contributed by atoms with Crippen LogP contribution in [-0.2, 0) is 16.6 Å². The van der Waals surface area contributed by atoms with Crippen LogP contribution >= 0.6 is 11.6 Å². The van der Waals surface area contributed by atoms with E-state index in [-0.39, 0.29) is 18.1 Å². The molecule has 0 fully saturated rings. The number of hydrogen-bond donors (Lipinski definition) is 1. The summed E-state index contributed by atoms with van der Waals surface area (Å²) < 4.78 is 28.1.